The number of nitrogens with zero attached hydrogens (tertiary/aromatic N) is 3. The summed E-state index contributed by atoms with van der Waals surface area (Å²) in [7, 11) is 1.89. The number of furan rings is 1. The smallest absolute Gasteiger partial charge is 0.230 e. The predicted molar refractivity (Wildman–Crippen MR) is 101 cm³/mol. The van der Waals surface area contributed by atoms with Crippen molar-refractivity contribution in [1.82, 2.24) is 20.1 Å². The van der Waals surface area contributed by atoms with E-state index in [1.807, 2.05) is 23.7 Å². The molecular weight excluding hydrogens is 348 g/mol. The Balaban J connectivity index is 1.37. The third-order valence-corrected chi connectivity index (χ3v) is 8.06. The number of carbonyl (C=O) groups excluding carboxylic acids is 1. The molecule has 3 atom stereocenters. The average Bonchev–Trinajstić information content (AvgIpc) is 3.31. The highest BCUT2D eigenvalue weighted by molar-refractivity contribution is 7.99. The van der Waals surface area contributed by atoms with Crippen molar-refractivity contribution in [2.24, 2.45) is 23.8 Å². The summed E-state index contributed by atoms with van der Waals surface area (Å²) < 4.78 is 7.23. The number of hydrogen-bond donors (Lipinski definition) is 1. The summed E-state index contributed by atoms with van der Waals surface area (Å²) in [6.45, 7) is 7.07. The van der Waals surface area contributed by atoms with E-state index in [0.717, 1.165) is 12.3 Å². The van der Waals surface area contributed by atoms with Crippen LogP contribution in [0.1, 0.15) is 40.0 Å². The Kier molecular flexibility index (Phi) is 4.17. The SMILES string of the molecule is Cn1c(SCC(=O)N[C@@H]2C[C@H]3CC[C@@]2(C)C3(C)C)nnc1-c1ccco1. The fourth-order valence-electron chi connectivity index (χ4n) is 4.85. The van der Waals surface area contributed by atoms with Gasteiger partial charge in [0.2, 0.25) is 5.91 Å². The molecular formula is C19H26N4O2S. The summed E-state index contributed by atoms with van der Waals surface area (Å²) in [4.78, 5) is 12.5. The summed E-state index contributed by atoms with van der Waals surface area (Å²) in [6, 6.07) is 3.95. The van der Waals surface area contributed by atoms with E-state index in [9.17, 15) is 4.79 Å². The number of rotatable bonds is 5. The van der Waals surface area contributed by atoms with Crippen LogP contribution in [0.3, 0.4) is 0 Å². The quantitative estimate of drug-likeness (QED) is 0.811. The van der Waals surface area contributed by atoms with Gasteiger partial charge in [-0.05, 0) is 48.1 Å². The number of fused-ring (bicyclic) bond motifs is 2. The molecule has 0 spiro atoms. The molecule has 2 aliphatic carbocycles. The first-order valence-corrected chi connectivity index (χ1v) is 10.2. The summed E-state index contributed by atoms with van der Waals surface area (Å²) in [5.74, 6) is 2.49. The van der Waals surface area contributed by atoms with Crippen LogP contribution in [0.4, 0.5) is 0 Å². The van der Waals surface area contributed by atoms with E-state index in [-0.39, 0.29) is 17.4 Å². The summed E-state index contributed by atoms with van der Waals surface area (Å²) in [5, 5.41) is 12.4. The van der Waals surface area contributed by atoms with Gasteiger partial charge in [0.1, 0.15) is 0 Å². The van der Waals surface area contributed by atoms with Gasteiger partial charge < -0.3 is 14.3 Å². The lowest BCUT2D eigenvalue weighted by atomic mass is 9.69. The minimum Gasteiger partial charge on any atom is -0.461 e. The standard InChI is InChI=1S/C19H26N4O2S/c1-18(2)12-7-8-19(18,3)14(10-12)20-15(24)11-26-17-22-21-16(23(17)4)13-6-5-9-25-13/h5-6,9,12,14H,7-8,10-11H2,1-4H3,(H,20,24)/t12-,14-,19-/m1/s1. The lowest BCUT2D eigenvalue weighted by molar-refractivity contribution is -0.120. The molecule has 1 N–H and O–H groups in total. The zero-order valence-corrected chi connectivity index (χ0v) is 16.6. The van der Waals surface area contributed by atoms with Crippen molar-refractivity contribution in [2.75, 3.05) is 5.75 Å². The van der Waals surface area contributed by atoms with Gasteiger partial charge in [0.25, 0.3) is 0 Å². The number of thioether (sulfide) groups is 1. The first kappa shape index (κ1) is 17.6. The lowest BCUT2D eigenvalue weighted by Crippen LogP contribution is -2.47. The maximum Gasteiger partial charge on any atom is 0.230 e. The fraction of sp³-hybridized carbons (Fsp3) is 0.632. The Labute approximate surface area is 158 Å². The topological polar surface area (TPSA) is 73.0 Å². The molecule has 2 heterocycles. The Bertz CT molecular complexity index is 814. The Morgan fingerprint density at radius 2 is 2.23 bits per heavy atom. The van der Waals surface area contributed by atoms with Crippen LogP contribution in [0.5, 0.6) is 0 Å². The Hall–Kier alpha value is -1.76. The van der Waals surface area contributed by atoms with Gasteiger partial charge in [-0.15, -0.1) is 10.2 Å². The highest BCUT2D eigenvalue weighted by atomic mass is 32.2. The average molecular weight is 375 g/mol. The van der Waals surface area contributed by atoms with Crippen LogP contribution in [0, 0.1) is 16.7 Å². The molecule has 0 radical (unpaired) electrons. The molecule has 1 amide bonds. The van der Waals surface area contributed by atoms with E-state index >= 15 is 0 Å². The number of amides is 1. The molecule has 26 heavy (non-hydrogen) atoms. The minimum absolute atomic E-state index is 0.0760. The monoisotopic (exact) mass is 374 g/mol. The van der Waals surface area contributed by atoms with Crippen molar-refractivity contribution in [3.05, 3.63) is 18.4 Å². The van der Waals surface area contributed by atoms with Crippen LogP contribution < -0.4 is 5.32 Å². The van der Waals surface area contributed by atoms with Gasteiger partial charge >= 0.3 is 0 Å². The first-order chi connectivity index (χ1) is 12.3. The van der Waals surface area contributed by atoms with Gasteiger partial charge in [-0.1, -0.05) is 32.5 Å². The first-order valence-electron chi connectivity index (χ1n) is 9.18. The molecule has 2 aliphatic rings. The molecule has 7 heteroatoms. The van der Waals surface area contributed by atoms with E-state index in [1.54, 1.807) is 6.26 Å². The molecule has 140 valence electrons. The third kappa shape index (κ3) is 2.59. The predicted octanol–water partition coefficient (Wildman–Crippen LogP) is 3.50. The van der Waals surface area contributed by atoms with Crippen molar-refractivity contribution in [1.29, 1.82) is 0 Å². The maximum atomic E-state index is 12.5. The van der Waals surface area contributed by atoms with Gasteiger partial charge in [0.15, 0.2) is 16.7 Å². The Morgan fingerprint density at radius 3 is 2.85 bits per heavy atom. The number of hydrogen-bond acceptors (Lipinski definition) is 5. The van der Waals surface area contributed by atoms with Crippen LogP contribution in [-0.2, 0) is 11.8 Å². The van der Waals surface area contributed by atoms with Crippen LogP contribution >= 0.6 is 11.8 Å². The highest BCUT2D eigenvalue weighted by Gasteiger charge is 2.61. The van der Waals surface area contributed by atoms with Gasteiger partial charge in [0.05, 0.1) is 12.0 Å². The molecule has 0 saturated heterocycles. The number of carbonyl (C=O) groups is 1. The normalized spacial score (nSPS) is 29.2. The Morgan fingerprint density at radius 1 is 1.42 bits per heavy atom. The molecule has 6 nitrogen and oxygen atoms in total. The second-order valence-corrected chi connectivity index (χ2v) is 9.30. The van der Waals surface area contributed by atoms with Crippen molar-refractivity contribution >= 4 is 17.7 Å². The molecule has 0 aliphatic heterocycles. The minimum atomic E-state index is 0.0760. The third-order valence-electron chi connectivity index (χ3n) is 7.04. The lowest BCUT2D eigenvalue weighted by Gasteiger charge is -2.39. The molecule has 2 fully saturated rings. The number of nitrogens with one attached hydrogen (secondary N) is 1. The maximum absolute atomic E-state index is 12.5. The molecule has 2 aromatic rings. The summed E-state index contributed by atoms with van der Waals surface area (Å²) in [6.07, 6.45) is 5.21. The fourth-order valence-corrected chi connectivity index (χ4v) is 5.57. The largest absolute Gasteiger partial charge is 0.461 e. The van der Waals surface area contributed by atoms with E-state index < -0.39 is 0 Å². The molecule has 0 aromatic carbocycles. The van der Waals surface area contributed by atoms with Crippen molar-refractivity contribution in [3.8, 4) is 11.6 Å². The van der Waals surface area contributed by atoms with Crippen molar-refractivity contribution in [3.63, 3.8) is 0 Å². The van der Waals surface area contributed by atoms with Gasteiger partial charge in [-0.2, -0.15) is 0 Å². The van der Waals surface area contributed by atoms with E-state index in [1.165, 1.54) is 24.6 Å². The second-order valence-electron chi connectivity index (χ2n) is 8.36. The second kappa shape index (κ2) is 6.15. The zero-order valence-electron chi connectivity index (χ0n) is 15.8. The molecule has 2 aromatic heterocycles. The van der Waals surface area contributed by atoms with Gasteiger partial charge in [-0.25, -0.2) is 0 Å². The van der Waals surface area contributed by atoms with Crippen LogP contribution in [-0.4, -0.2) is 32.5 Å². The van der Waals surface area contributed by atoms with E-state index in [4.69, 9.17) is 4.42 Å². The van der Waals surface area contributed by atoms with E-state index in [0.29, 0.717) is 27.9 Å². The molecule has 2 bridgehead atoms. The van der Waals surface area contributed by atoms with Crippen molar-refractivity contribution < 1.29 is 9.21 Å². The van der Waals surface area contributed by atoms with E-state index in [2.05, 4.69) is 36.3 Å². The zero-order chi connectivity index (χ0) is 18.5. The molecule has 4 rings (SSSR count). The highest BCUT2D eigenvalue weighted by Crippen LogP contribution is 2.65. The molecule has 2 saturated carbocycles. The van der Waals surface area contributed by atoms with Crippen molar-refractivity contribution in [2.45, 2.75) is 51.2 Å². The van der Waals surface area contributed by atoms with Gasteiger partial charge in [0, 0.05) is 13.1 Å². The van der Waals surface area contributed by atoms with Crippen LogP contribution in [0.25, 0.3) is 11.6 Å². The summed E-state index contributed by atoms with van der Waals surface area (Å²) in [5.41, 5.74) is 0.509. The van der Waals surface area contributed by atoms with Gasteiger partial charge in [-0.3, -0.25) is 4.79 Å². The summed E-state index contributed by atoms with van der Waals surface area (Å²) >= 11 is 1.41. The number of aromatic nitrogens is 3. The van der Waals surface area contributed by atoms with Crippen LogP contribution in [0.2, 0.25) is 0 Å². The molecule has 0 unspecified atom stereocenters. The van der Waals surface area contributed by atoms with Crippen LogP contribution in [0.15, 0.2) is 28.0 Å².